The van der Waals surface area contributed by atoms with E-state index in [1.165, 1.54) is 0 Å². The van der Waals surface area contributed by atoms with E-state index in [0.29, 0.717) is 54.1 Å². The van der Waals surface area contributed by atoms with Gasteiger partial charge in [0.2, 0.25) is 0 Å². The van der Waals surface area contributed by atoms with Gasteiger partial charge in [-0.25, -0.2) is 0 Å². The molecule has 0 aromatic heterocycles. The van der Waals surface area contributed by atoms with E-state index in [1.807, 2.05) is 97.1 Å². The first-order valence-electron chi connectivity index (χ1n) is 13.0. The van der Waals surface area contributed by atoms with Gasteiger partial charge < -0.3 is 29.8 Å². The Morgan fingerprint density at radius 1 is 0.725 bits per heavy atom. The highest BCUT2D eigenvalue weighted by molar-refractivity contribution is 5.73. The van der Waals surface area contributed by atoms with Gasteiger partial charge in [-0.05, 0) is 42.8 Å². The van der Waals surface area contributed by atoms with Gasteiger partial charge in [0.05, 0.1) is 14.2 Å². The van der Waals surface area contributed by atoms with Crippen molar-refractivity contribution >= 4 is 5.97 Å². The van der Waals surface area contributed by atoms with Crippen molar-refractivity contribution in [1.29, 1.82) is 0 Å². The summed E-state index contributed by atoms with van der Waals surface area (Å²) >= 11 is 0. The highest BCUT2D eigenvalue weighted by Crippen LogP contribution is 2.31. The van der Waals surface area contributed by atoms with Crippen LogP contribution in [0.4, 0.5) is 0 Å². The van der Waals surface area contributed by atoms with Crippen molar-refractivity contribution in [1.82, 2.24) is 4.90 Å². The van der Waals surface area contributed by atoms with Crippen LogP contribution in [-0.4, -0.2) is 42.8 Å². The Morgan fingerprint density at radius 3 is 1.62 bits per heavy atom. The van der Waals surface area contributed by atoms with Gasteiger partial charge in [-0.3, -0.25) is 9.69 Å². The van der Waals surface area contributed by atoms with Crippen LogP contribution in [0, 0.1) is 0 Å². The first kappa shape index (κ1) is 28.5. The zero-order valence-corrected chi connectivity index (χ0v) is 22.7. The Kier molecular flexibility index (Phi) is 9.99. The molecule has 4 rings (SSSR count). The summed E-state index contributed by atoms with van der Waals surface area (Å²) in [6.45, 7) is 1.45. The number of para-hydroxylation sites is 2. The maximum atomic E-state index is 11.4. The second-order valence-corrected chi connectivity index (χ2v) is 9.22. The van der Waals surface area contributed by atoms with Crippen molar-refractivity contribution in [2.24, 2.45) is 5.73 Å². The van der Waals surface area contributed by atoms with Crippen molar-refractivity contribution in [3.63, 3.8) is 0 Å². The molecule has 0 heterocycles. The maximum absolute atomic E-state index is 11.4. The monoisotopic (exact) mass is 542 g/mol. The minimum absolute atomic E-state index is 0.285. The van der Waals surface area contributed by atoms with Crippen molar-refractivity contribution in [3.05, 3.63) is 108 Å². The van der Waals surface area contributed by atoms with Crippen LogP contribution in [0.25, 0.3) is 0 Å². The van der Waals surface area contributed by atoms with E-state index in [-0.39, 0.29) is 6.42 Å². The minimum Gasteiger partial charge on any atom is -0.497 e. The number of hydrogen-bond donors (Lipinski definition) is 2. The number of aliphatic carboxylic acids is 1. The lowest BCUT2D eigenvalue weighted by Gasteiger charge is -2.25. The second-order valence-electron chi connectivity index (χ2n) is 9.22. The Balaban J connectivity index is 1.58. The lowest BCUT2D eigenvalue weighted by atomic mass is 10.1. The van der Waals surface area contributed by atoms with Crippen LogP contribution in [0.15, 0.2) is 97.1 Å². The Morgan fingerprint density at radius 2 is 1.18 bits per heavy atom. The van der Waals surface area contributed by atoms with Crippen LogP contribution in [0.5, 0.6) is 34.5 Å². The first-order chi connectivity index (χ1) is 19.4. The van der Waals surface area contributed by atoms with Gasteiger partial charge in [-0.15, -0.1) is 0 Å². The van der Waals surface area contributed by atoms with Gasteiger partial charge in [0.1, 0.15) is 40.5 Å². The summed E-state index contributed by atoms with van der Waals surface area (Å²) in [4.78, 5) is 13.6. The number of methoxy groups -OCH3 is 2. The number of hydrogen-bond acceptors (Lipinski definition) is 7. The summed E-state index contributed by atoms with van der Waals surface area (Å²) in [5.74, 6) is 3.09. The average Bonchev–Trinajstić information content (AvgIpc) is 2.97. The molecule has 3 N–H and O–H groups in total. The molecule has 1 atom stereocenters. The fourth-order valence-corrected chi connectivity index (χ4v) is 4.19. The number of benzene rings is 4. The fourth-order valence-electron chi connectivity index (χ4n) is 4.19. The lowest BCUT2D eigenvalue weighted by Crippen LogP contribution is -2.35. The number of carboxylic acid groups (broad SMARTS) is 1. The molecular weight excluding hydrogens is 508 g/mol. The van der Waals surface area contributed by atoms with Crippen LogP contribution in [0.3, 0.4) is 0 Å². The van der Waals surface area contributed by atoms with E-state index in [2.05, 4.69) is 4.90 Å². The molecule has 8 heteroatoms. The SMILES string of the molecule is COc1cccc(Oc2ccccc2CN(CCC(N)C(=O)O)Cc2ccccc2Oc2cccc(OC)c2)c1. The predicted molar refractivity (Wildman–Crippen MR) is 153 cm³/mol. The molecule has 40 heavy (non-hydrogen) atoms. The molecule has 208 valence electrons. The highest BCUT2D eigenvalue weighted by Gasteiger charge is 2.18. The average molecular weight is 543 g/mol. The fraction of sp³-hybridized carbons (Fsp3) is 0.219. The normalized spacial score (nSPS) is 11.6. The quantitative estimate of drug-likeness (QED) is 0.197. The number of nitrogens with two attached hydrogens (primary N) is 1. The van der Waals surface area contributed by atoms with Gasteiger partial charge in [-0.1, -0.05) is 48.5 Å². The van der Waals surface area contributed by atoms with Crippen LogP contribution in [0.2, 0.25) is 0 Å². The minimum atomic E-state index is -1.02. The Bertz CT molecular complexity index is 1310. The third-order valence-corrected chi connectivity index (χ3v) is 6.34. The Hall–Kier alpha value is -4.53. The largest absolute Gasteiger partial charge is 0.497 e. The molecule has 0 fully saturated rings. The molecule has 0 radical (unpaired) electrons. The summed E-state index contributed by atoms with van der Waals surface area (Å²) in [6.07, 6.45) is 0.285. The van der Waals surface area contributed by atoms with Crippen molar-refractivity contribution in [3.8, 4) is 34.5 Å². The highest BCUT2D eigenvalue weighted by atomic mass is 16.5. The molecule has 0 amide bonds. The molecule has 0 aliphatic rings. The molecule has 0 aliphatic heterocycles. The molecule has 8 nitrogen and oxygen atoms in total. The van der Waals surface area contributed by atoms with Gasteiger partial charge in [0, 0.05) is 42.9 Å². The van der Waals surface area contributed by atoms with Crippen molar-refractivity contribution in [2.45, 2.75) is 25.6 Å². The topological polar surface area (TPSA) is 103 Å². The molecule has 0 saturated heterocycles. The first-order valence-corrected chi connectivity index (χ1v) is 13.0. The second kappa shape index (κ2) is 14.0. The Labute approximate surface area is 234 Å². The predicted octanol–water partition coefficient (Wildman–Crippen LogP) is 6.09. The summed E-state index contributed by atoms with van der Waals surface area (Å²) in [6, 6.07) is 29.4. The molecule has 1 unspecified atom stereocenters. The van der Waals surface area contributed by atoms with Gasteiger partial charge >= 0.3 is 5.97 Å². The third kappa shape index (κ3) is 7.99. The zero-order valence-electron chi connectivity index (χ0n) is 22.7. The molecule has 0 saturated carbocycles. The standard InChI is InChI=1S/C32H34N2O6/c1-37-25-11-7-13-27(19-25)39-30-15-5-3-9-23(30)21-34(18-17-29(33)32(35)36)22-24-10-4-6-16-31(24)40-28-14-8-12-26(20-28)38-2/h3-16,19-20,29H,17-18,21-22,33H2,1-2H3,(H,35,36). The van der Waals surface area contributed by atoms with Crippen molar-refractivity contribution in [2.75, 3.05) is 20.8 Å². The summed E-state index contributed by atoms with van der Waals surface area (Å²) in [5.41, 5.74) is 7.76. The van der Waals surface area contributed by atoms with E-state index < -0.39 is 12.0 Å². The van der Waals surface area contributed by atoms with E-state index >= 15 is 0 Å². The maximum Gasteiger partial charge on any atom is 0.320 e. The number of ether oxygens (including phenoxy) is 4. The number of rotatable bonds is 14. The molecule has 0 spiro atoms. The molecule has 0 bridgehead atoms. The summed E-state index contributed by atoms with van der Waals surface area (Å²) in [7, 11) is 3.23. The number of carboxylic acids is 1. The van der Waals surface area contributed by atoms with E-state index in [4.69, 9.17) is 24.7 Å². The van der Waals surface area contributed by atoms with Crippen LogP contribution in [0.1, 0.15) is 17.5 Å². The van der Waals surface area contributed by atoms with Gasteiger partial charge in [-0.2, -0.15) is 0 Å². The van der Waals surface area contributed by atoms with Crippen LogP contribution >= 0.6 is 0 Å². The molecule has 0 aliphatic carbocycles. The van der Waals surface area contributed by atoms with E-state index in [1.54, 1.807) is 14.2 Å². The van der Waals surface area contributed by atoms with Crippen LogP contribution < -0.4 is 24.7 Å². The number of nitrogens with zero attached hydrogens (tertiary/aromatic N) is 1. The van der Waals surface area contributed by atoms with Gasteiger partial charge in [0.15, 0.2) is 0 Å². The van der Waals surface area contributed by atoms with E-state index in [0.717, 1.165) is 11.1 Å². The smallest absolute Gasteiger partial charge is 0.320 e. The van der Waals surface area contributed by atoms with Crippen molar-refractivity contribution < 1.29 is 28.8 Å². The van der Waals surface area contributed by atoms with Gasteiger partial charge in [0.25, 0.3) is 0 Å². The summed E-state index contributed by atoms with van der Waals surface area (Å²) < 4.78 is 23.1. The number of carbonyl (C=O) groups is 1. The molecule has 4 aromatic rings. The zero-order chi connectivity index (χ0) is 28.3. The van der Waals surface area contributed by atoms with E-state index in [9.17, 15) is 9.90 Å². The lowest BCUT2D eigenvalue weighted by molar-refractivity contribution is -0.138. The molecule has 4 aromatic carbocycles. The molecular formula is C32H34N2O6. The van der Waals surface area contributed by atoms with Crippen LogP contribution in [-0.2, 0) is 17.9 Å². The third-order valence-electron chi connectivity index (χ3n) is 6.34. The summed E-state index contributed by atoms with van der Waals surface area (Å²) in [5, 5.41) is 9.37.